The van der Waals surface area contributed by atoms with Crippen molar-refractivity contribution >= 4 is 38.7 Å². The van der Waals surface area contributed by atoms with Gasteiger partial charge in [0.05, 0.1) is 0 Å². The molecule has 0 radical (unpaired) electrons. The summed E-state index contributed by atoms with van der Waals surface area (Å²) in [6.45, 7) is 4.04. The predicted molar refractivity (Wildman–Crippen MR) is 123 cm³/mol. The second-order valence-corrected chi connectivity index (χ2v) is 9.26. The minimum absolute atomic E-state index is 0.0134. The van der Waals surface area contributed by atoms with Crippen LogP contribution in [0, 0.1) is 11.7 Å². The second-order valence-electron chi connectivity index (χ2n) is 8.31. The molecule has 5 nitrogen and oxygen atoms in total. The number of para-hydroxylation sites is 1. The largest absolute Gasteiger partial charge is 0.376 e. The van der Waals surface area contributed by atoms with Crippen molar-refractivity contribution in [1.82, 2.24) is 4.90 Å². The summed E-state index contributed by atoms with van der Waals surface area (Å²) >= 11 is 1.57. The lowest BCUT2D eigenvalue weighted by Gasteiger charge is -2.38. The average molecular weight is 440 g/mol. The summed E-state index contributed by atoms with van der Waals surface area (Å²) in [6, 6.07) is 13.1. The summed E-state index contributed by atoms with van der Waals surface area (Å²) in [5, 5.41) is 12.9. The van der Waals surface area contributed by atoms with Gasteiger partial charge in [-0.2, -0.15) is 0 Å². The fourth-order valence-corrected chi connectivity index (χ4v) is 5.67. The maximum atomic E-state index is 14.1. The summed E-state index contributed by atoms with van der Waals surface area (Å²) in [4.78, 5) is 19.0. The zero-order chi connectivity index (χ0) is 21.4. The van der Waals surface area contributed by atoms with Crippen molar-refractivity contribution in [1.29, 1.82) is 0 Å². The maximum Gasteiger partial charge on any atom is 0.232 e. The van der Waals surface area contributed by atoms with Gasteiger partial charge in [0.1, 0.15) is 12.5 Å². The first kappa shape index (κ1) is 20.4. The van der Waals surface area contributed by atoms with Crippen LogP contribution in [0.3, 0.4) is 0 Å². The number of piperazine rings is 1. The zero-order valence-corrected chi connectivity index (χ0v) is 18.2. The van der Waals surface area contributed by atoms with E-state index in [1.54, 1.807) is 23.5 Å². The van der Waals surface area contributed by atoms with Crippen LogP contribution in [0.25, 0.3) is 10.1 Å². The minimum Gasteiger partial charge on any atom is -0.376 e. The molecule has 0 bridgehead atoms. The van der Waals surface area contributed by atoms with E-state index in [0.29, 0.717) is 0 Å². The Hall–Kier alpha value is -2.48. The van der Waals surface area contributed by atoms with Crippen molar-refractivity contribution in [3.63, 3.8) is 0 Å². The van der Waals surface area contributed by atoms with Gasteiger partial charge in [0.2, 0.25) is 5.91 Å². The molecule has 1 N–H and O–H groups in total. The first-order chi connectivity index (χ1) is 15.1. The van der Waals surface area contributed by atoms with E-state index in [2.05, 4.69) is 15.9 Å². The molecule has 0 saturated carbocycles. The molecule has 3 heterocycles. The highest BCUT2D eigenvalue weighted by molar-refractivity contribution is 7.17. The van der Waals surface area contributed by atoms with Crippen molar-refractivity contribution in [3.8, 4) is 0 Å². The summed E-state index contributed by atoms with van der Waals surface area (Å²) in [5.74, 6) is -0.273. The Bertz CT molecular complexity index is 1090. The second kappa shape index (κ2) is 8.57. The third kappa shape index (κ3) is 3.93. The van der Waals surface area contributed by atoms with E-state index in [9.17, 15) is 14.3 Å². The summed E-state index contributed by atoms with van der Waals surface area (Å²) in [5.41, 5.74) is 2.93. The van der Waals surface area contributed by atoms with Gasteiger partial charge in [0, 0.05) is 53.6 Å². The maximum absolute atomic E-state index is 14.1. The molecule has 5 rings (SSSR count). The number of halogens is 1. The fraction of sp³-hybridized carbons (Fsp3) is 0.375. The van der Waals surface area contributed by atoms with Crippen LogP contribution in [0.4, 0.5) is 15.8 Å². The van der Waals surface area contributed by atoms with Crippen LogP contribution in [0.2, 0.25) is 0 Å². The number of benzene rings is 2. The van der Waals surface area contributed by atoms with Gasteiger partial charge in [-0.3, -0.25) is 14.6 Å². The lowest BCUT2D eigenvalue weighted by Crippen LogP contribution is -2.48. The van der Waals surface area contributed by atoms with Crippen LogP contribution >= 0.6 is 11.3 Å². The number of carbonyl (C=O) groups is 1. The first-order valence-electron chi connectivity index (χ1n) is 10.8. The number of anilines is 2. The Kier molecular flexibility index (Phi) is 5.65. The molecule has 1 saturated heterocycles. The van der Waals surface area contributed by atoms with E-state index in [4.69, 9.17) is 0 Å². The van der Waals surface area contributed by atoms with Crippen LogP contribution in [-0.2, 0) is 11.2 Å². The Morgan fingerprint density at radius 1 is 1.06 bits per heavy atom. The van der Waals surface area contributed by atoms with Crippen LogP contribution in [0.1, 0.15) is 12.0 Å². The molecule has 31 heavy (non-hydrogen) atoms. The quantitative estimate of drug-likeness (QED) is 0.659. The molecule has 2 aliphatic rings. The van der Waals surface area contributed by atoms with Crippen molar-refractivity contribution in [2.24, 2.45) is 5.92 Å². The van der Waals surface area contributed by atoms with Gasteiger partial charge in [0.25, 0.3) is 0 Å². The highest BCUT2D eigenvalue weighted by Gasteiger charge is 2.32. The molecule has 3 aromatic rings. The number of aliphatic hydroxyl groups is 1. The van der Waals surface area contributed by atoms with Crippen LogP contribution in [-0.4, -0.2) is 55.4 Å². The molecule has 2 aromatic carbocycles. The number of aliphatic hydroxyl groups excluding tert-OH is 1. The number of nitrogens with zero attached hydrogens (tertiary/aromatic N) is 3. The first-order valence-corrected chi connectivity index (χ1v) is 11.7. The molecule has 1 unspecified atom stereocenters. The van der Waals surface area contributed by atoms with Crippen LogP contribution in [0.15, 0.2) is 47.8 Å². The van der Waals surface area contributed by atoms with Gasteiger partial charge >= 0.3 is 0 Å². The smallest absolute Gasteiger partial charge is 0.232 e. The van der Waals surface area contributed by atoms with Gasteiger partial charge in [-0.1, -0.05) is 18.2 Å². The number of rotatable bonds is 5. The molecular weight excluding hydrogens is 413 g/mol. The van der Waals surface area contributed by atoms with Gasteiger partial charge in [-0.15, -0.1) is 11.3 Å². The molecular formula is C24H26FN3O2S. The number of hydrogen-bond acceptors (Lipinski definition) is 5. The van der Waals surface area contributed by atoms with Crippen LogP contribution < -0.4 is 9.80 Å². The van der Waals surface area contributed by atoms with E-state index < -0.39 is 0 Å². The molecule has 7 heteroatoms. The lowest BCUT2D eigenvalue weighted by molar-refractivity contribution is -0.124. The Morgan fingerprint density at radius 2 is 1.87 bits per heavy atom. The topological polar surface area (TPSA) is 47.0 Å². The number of fused-ring (bicyclic) bond motifs is 2. The van der Waals surface area contributed by atoms with Crippen LogP contribution in [0.5, 0.6) is 0 Å². The van der Waals surface area contributed by atoms with Gasteiger partial charge in [-0.25, -0.2) is 4.39 Å². The molecule has 1 atom stereocenters. The van der Waals surface area contributed by atoms with Crippen molar-refractivity contribution < 1.29 is 14.3 Å². The van der Waals surface area contributed by atoms with E-state index in [1.165, 1.54) is 4.90 Å². The molecule has 1 amide bonds. The normalized spacial score (nSPS) is 19.8. The fourth-order valence-electron chi connectivity index (χ4n) is 4.84. The standard InChI is InChI=1S/C24H26FN3O2S/c25-19-14-22(20-6-12-31-23(20)15-19)27-10-8-26(9-11-27)7-5-18-13-17-3-1-2-4-21(17)28(16-29)24(18)30/h1-4,6,12,14-15,18,29H,5,7-11,13,16H2. The molecule has 2 aliphatic heterocycles. The van der Waals surface area contributed by atoms with E-state index >= 15 is 0 Å². The van der Waals surface area contributed by atoms with Gasteiger partial charge in [-0.05, 0) is 54.6 Å². The Balaban J connectivity index is 1.21. The number of thiophene rings is 1. The summed E-state index contributed by atoms with van der Waals surface area (Å²) in [7, 11) is 0. The number of amides is 1. The lowest BCUT2D eigenvalue weighted by atomic mass is 9.89. The Labute approximate surface area is 185 Å². The van der Waals surface area contributed by atoms with E-state index in [-0.39, 0.29) is 24.4 Å². The average Bonchev–Trinajstić information content (AvgIpc) is 3.26. The molecule has 1 fully saturated rings. The third-order valence-corrected chi connectivity index (χ3v) is 7.39. The van der Waals surface area contributed by atoms with E-state index in [0.717, 1.165) is 72.6 Å². The van der Waals surface area contributed by atoms with Crippen molar-refractivity contribution in [2.45, 2.75) is 12.8 Å². The van der Waals surface area contributed by atoms with Crippen molar-refractivity contribution in [3.05, 3.63) is 59.2 Å². The molecule has 162 valence electrons. The summed E-state index contributed by atoms with van der Waals surface area (Å²) < 4.78 is 15.0. The molecule has 0 spiro atoms. The highest BCUT2D eigenvalue weighted by Crippen LogP contribution is 2.33. The van der Waals surface area contributed by atoms with E-state index in [1.807, 2.05) is 29.6 Å². The molecule has 1 aromatic heterocycles. The monoisotopic (exact) mass is 439 g/mol. The van der Waals surface area contributed by atoms with Gasteiger partial charge in [0.15, 0.2) is 0 Å². The predicted octanol–water partition coefficient (Wildman–Crippen LogP) is 3.71. The number of hydrogen-bond donors (Lipinski definition) is 1. The SMILES string of the molecule is O=C1C(CCN2CCN(c3cc(F)cc4sccc34)CC2)Cc2ccccc2N1CO. The Morgan fingerprint density at radius 3 is 2.68 bits per heavy atom. The molecule has 0 aliphatic carbocycles. The summed E-state index contributed by atoms with van der Waals surface area (Å²) in [6.07, 6.45) is 1.50. The zero-order valence-electron chi connectivity index (χ0n) is 17.3. The van der Waals surface area contributed by atoms with Gasteiger partial charge < -0.3 is 10.0 Å². The van der Waals surface area contributed by atoms with Crippen molar-refractivity contribution in [2.75, 3.05) is 49.3 Å². The minimum atomic E-state index is -0.282. The highest BCUT2D eigenvalue weighted by atomic mass is 32.1. The third-order valence-electron chi connectivity index (χ3n) is 6.53. The number of carbonyl (C=O) groups excluding carboxylic acids is 1.